The molecule has 2 amide bonds. The normalized spacial score (nSPS) is 22.8. The lowest BCUT2D eigenvalue weighted by Gasteiger charge is -2.33. The van der Waals surface area contributed by atoms with Crippen LogP contribution in [0.3, 0.4) is 0 Å². The lowest BCUT2D eigenvalue weighted by molar-refractivity contribution is -0.145. The fourth-order valence-corrected chi connectivity index (χ4v) is 3.74. The van der Waals surface area contributed by atoms with Gasteiger partial charge in [0.05, 0.1) is 6.54 Å². The van der Waals surface area contributed by atoms with Crippen LogP contribution in [0, 0.1) is 5.92 Å². The van der Waals surface area contributed by atoms with E-state index < -0.39 is 6.10 Å². The third-order valence-electron chi connectivity index (χ3n) is 5.29. The van der Waals surface area contributed by atoms with E-state index >= 15 is 0 Å². The van der Waals surface area contributed by atoms with Crippen LogP contribution >= 0.6 is 0 Å². The molecule has 0 aliphatic carbocycles. The van der Waals surface area contributed by atoms with Crippen molar-refractivity contribution in [1.82, 2.24) is 14.8 Å². The van der Waals surface area contributed by atoms with E-state index in [1.165, 1.54) is 10.5 Å². The van der Waals surface area contributed by atoms with Crippen LogP contribution in [0.25, 0.3) is 0 Å². The first-order chi connectivity index (χ1) is 12.1. The Morgan fingerprint density at radius 2 is 2.00 bits per heavy atom. The van der Waals surface area contributed by atoms with Gasteiger partial charge in [-0.25, -0.2) is 0 Å². The highest BCUT2D eigenvalue weighted by Crippen LogP contribution is 2.22. The Balaban J connectivity index is 1.47. The minimum atomic E-state index is -0.944. The lowest BCUT2D eigenvalue weighted by Crippen LogP contribution is -2.47. The van der Waals surface area contributed by atoms with Gasteiger partial charge in [0.25, 0.3) is 5.91 Å². The summed E-state index contributed by atoms with van der Waals surface area (Å²) in [6.07, 6.45) is 7.91. The first-order valence-corrected chi connectivity index (χ1v) is 9.27. The highest BCUT2D eigenvalue weighted by atomic mass is 16.3. The number of hydrogen-bond donors (Lipinski definition) is 1. The molecule has 0 bridgehead atoms. The van der Waals surface area contributed by atoms with Gasteiger partial charge >= 0.3 is 0 Å². The molecule has 1 N–H and O–H groups in total. The summed E-state index contributed by atoms with van der Waals surface area (Å²) in [5, 5.41) is 9.81. The number of carbonyl (C=O) groups excluding carboxylic acids is 2. The van der Waals surface area contributed by atoms with Gasteiger partial charge in [-0.15, -0.1) is 0 Å². The second-order valence-electron chi connectivity index (χ2n) is 7.16. The maximum absolute atomic E-state index is 12.5. The van der Waals surface area contributed by atoms with Gasteiger partial charge in [-0.3, -0.25) is 14.6 Å². The van der Waals surface area contributed by atoms with Gasteiger partial charge in [-0.2, -0.15) is 0 Å². The van der Waals surface area contributed by atoms with Crippen LogP contribution in [0.1, 0.15) is 37.7 Å². The van der Waals surface area contributed by atoms with Crippen molar-refractivity contribution in [2.75, 3.05) is 26.2 Å². The molecule has 1 aromatic rings. The smallest absolute Gasteiger partial charge is 0.251 e. The van der Waals surface area contributed by atoms with Crippen molar-refractivity contribution >= 4 is 11.8 Å². The minimum absolute atomic E-state index is 0.00211. The van der Waals surface area contributed by atoms with Gasteiger partial charge < -0.3 is 14.9 Å². The minimum Gasteiger partial charge on any atom is -0.383 e. The van der Waals surface area contributed by atoms with Crippen LogP contribution in [-0.4, -0.2) is 64.0 Å². The first kappa shape index (κ1) is 17.9. The van der Waals surface area contributed by atoms with Gasteiger partial charge in [-0.1, -0.05) is 6.07 Å². The van der Waals surface area contributed by atoms with Crippen molar-refractivity contribution < 1.29 is 14.7 Å². The van der Waals surface area contributed by atoms with Gasteiger partial charge in [0, 0.05) is 32.0 Å². The number of nitrogens with zero attached hydrogens (tertiary/aromatic N) is 3. The number of pyridine rings is 1. The van der Waals surface area contributed by atoms with E-state index in [4.69, 9.17) is 0 Å². The number of likely N-dealkylation sites (tertiary alicyclic amines) is 2. The average Bonchev–Trinajstić information content (AvgIpc) is 2.79. The Morgan fingerprint density at radius 3 is 2.72 bits per heavy atom. The Labute approximate surface area is 148 Å². The molecule has 1 unspecified atom stereocenters. The highest BCUT2D eigenvalue weighted by Gasteiger charge is 2.29. The zero-order valence-corrected chi connectivity index (χ0v) is 14.6. The molecular weight excluding hydrogens is 318 g/mol. The molecule has 25 heavy (non-hydrogen) atoms. The molecule has 0 radical (unpaired) electrons. The van der Waals surface area contributed by atoms with Crippen LogP contribution in [0.5, 0.6) is 0 Å². The van der Waals surface area contributed by atoms with E-state index in [9.17, 15) is 14.7 Å². The highest BCUT2D eigenvalue weighted by molar-refractivity contribution is 5.87. The molecule has 6 nitrogen and oxygen atoms in total. The predicted molar refractivity (Wildman–Crippen MR) is 93.7 cm³/mol. The monoisotopic (exact) mass is 345 g/mol. The van der Waals surface area contributed by atoms with Crippen molar-refractivity contribution in [3.05, 3.63) is 30.1 Å². The molecule has 0 aromatic carbocycles. The van der Waals surface area contributed by atoms with Crippen molar-refractivity contribution in [2.45, 2.75) is 44.6 Å². The van der Waals surface area contributed by atoms with E-state index in [1.54, 1.807) is 6.20 Å². The van der Waals surface area contributed by atoms with Crippen LogP contribution < -0.4 is 0 Å². The van der Waals surface area contributed by atoms with Crippen molar-refractivity contribution in [3.63, 3.8) is 0 Å². The van der Waals surface area contributed by atoms with Gasteiger partial charge in [0.15, 0.2) is 0 Å². The van der Waals surface area contributed by atoms with Gasteiger partial charge in [0.2, 0.25) is 5.91 Å². The Kier molecular flexibility index (Phi) is 6.02. The topological polar surface area (TPSA) is 73.7 Å². The summed E-state index contributed by atoms with van der Waals surface area (Å²) in [5.41, 5.74) is 1.25. The molecule has 0 spiro atoms. The van der Waals surface area contributed by atoms with E-state index in [0.29, 0.717) is 18.9 Å². The Bertz CT molecular complexity index is 585. The third-order valence-corrected chi connectivity index (χ3v) is 5.29. The number of amides is 2. The lowest BCUT2D eigenvalue weighted by atomic mass is 9.90. The molecule has 136 valence electrons. The molecule has 3 heterocycles. The first-order valence-electron chi connectivity index (χ1n) is 9.27. The van der Waals surface area contributed by atoms with Crippen molar-refractivity contribution in [2.24, 2.45) is 5.92 Å². The van der Waals surface area contributed by atoms with Crippen LogP contribution in [-0.2, 0) is 16.0 Å². The van der Waals surface area contributed by atoms with Crippen LogP contribution in [0.4, 0.5) is 0 Å². The van der Waals surface area contributed by atoms with E-state index in [2.05, 4.69) is 11.1 Å². The number of aliphatic hydroxyl groups is 1. The van der Waals surface area contributed by atoms with Gasteiger partial charge in [-0.05, 0) is 56.1 Å². The summed E-state index contributed by atoms with van der Waals surface area (Å²) in [5.74, 6) is 0.287. The number of carbonyl (C=O) groups is 2. The van der Waals surface area contributed by atoms with E-state index in [-0.39, 0.29) is 18.4 Å². The maximum Gasteiger partial charge on any atom is 0.251 e. The molecule has 1 aromatic heterocycles. The van der Waals surface area contributed by atoms with Gasteiger partial charge in [0.1, 0.15) is 6.10 Å². The molecule has 0 saturated carbocycles. The molecule has 2 aliphatic rings. The van der Waals surface area contributed by atoms with Crippen LogP contribution in [0.2, 0.25) is 0 Å². The standard InChI is InChI=1S/C19H27N3O3/c23-17-5-1-2-9-22(19(17)25)14-18(24)21-10-6-15(7-11-21)12-16-4-3-8-20-13-16/h3-4,8,13,15,17,23H,1-2,5-7,9-12,14H2. The summed E-state index contributed by atoms with van der Waals surface area (Å²) >= 11 is 0. The van der Waals surface area contributed by atoms with Crippen molar-refractivity contribution in [3.8, 4) is 0 Å². The van der Waals surface area contributed by atoms with E-state index in [0.717, 1.165) is 45.2 Å². The Hall–Kier alpha value is -1.95. The number of hydrogen-bond acceptors (Lipinski definition) is 4. The fraction of sp³-hybridized carbons (Fsp3) is 0.632. The summed E-state index contributed by atoms with van der Waals surface area (Å²) in [4.78, 5) is 32.2. The average molecular weight is 345 g/mol. The zero-order chi connectivity index (χ0) is 17.6. The SMILES string of the molecule is O=C(CN1CCCCC(O)C1=O)N1CCC(Cc2cccnc2)CC1. The molecular formula is C19H27N3O3. The summed E-state index contributed by atoms with van der Waals surface area (Å²) < 4.78 is 0. The Morgan fingerprint density at radius 1 is 1.20 bits per heavy atom. The summed E-state index contributed by atoms with van der Waals surface area (Å²) in [7, 11) is 0. The molecule has 2 saturated heterocycles. The molecule has 2 aliphatic heterocycles. The predicted octanol–water partition coefficient (Wildman–Crippen LogP) is 1.24. The maximum atomic E-state index is 12.5. The zero-order valence-electron chi connectivity index (χ0n) is 14.6. The van der Waals surface area contributed by atoms with Crippen molar-refractivity contribution in [1.29, 1.82) is 0 Å². The number of aliphatic hydroxyl groups excluding tert-OH is 1. The number of aromatic nitrogens is 1. The second kappa shape index (κ2) is 8.43. The number of rotatable bonds is 4. The summed E-state index contributed by atoms with van der Waals surface area (Å²) in [6, 6.07) is 4.06. The number of piperidine rings is 1. The summed E-state index contributed by atoms with van der Waals surface area (Å²) in [6.45, 7) is 2.16. The van der Waals surface area contributed by atoms with E-state index in [1.807, 2.05) is 17.2 Å². The largest absolute Gasteiger partial charge is 0.383 e. The van der Waals surface area contributed by atoms with Crippen LogP contribution in [0.15, 0.2) is 24.5 Å². The third kappa shape index (κ3) is 4.78. The quantitative estimate of drug-likeness (QED) is 0.891. The molecule has 6 heteroatoms. The second-order valence-corrected chi connectivity index (χ2v) is 7.16. The molecule has 3 rings (SSSR count). The fourth-order valence-electron chi connectivity index (χ4n) is 3.74. The molecule has 2 fully saturated rings. The molecule has 1 atom stereocenters.